The Bertz CT molecular complexity index is 490. The van der Waals surface area contributed by atoms with Crippen LogP contribution in [0.4, 0.5) is 0 Å². The van der Waals surface area contributed by atoms with Crippen molar-refractivity contribution in [1.29, 1.82) is 0 Å². The minimum Gasteiger partial charge on any atom is -0.491 e. The molecule has 1 aromatic rings. The first kappa shape index (κ1) is 16.7. The normalized spacial score (nSPS) is 28.3. The van der Waals surface area contributed by atoms with Crippen molar-refractivity contribution in [2.24, 2.45) is 5.92 Å². The lowest BCUT2D eigenvalue weighted by Gasteiger charge is -2.47. The molecule has 0 radical (unpaired) electrons. The first-order chi connectivity index (χ1) is 11.2. The number of aliphatic hydroxyl groups is 1. The standard InChI is InChI=1S/C19H29NO3/c1-22-12-13-23-18-7-5-16(6-8-18)14-20-11-10-19(21)9-3-2-4-17(19)15-20/h5-8,17,21H,2-4,9-15H2,1H3/t17-,19-/m1/s1. The van der Waals surface area contributed by atoms with Gasteiger partial charge < -0.3 is 14.6 Å². The van der Waals surface area contributed by atoms with E-state index in [-0.39, 0.29) is 5.60 Å². The van der Waals surface area contributed by atoms with Crippen LogP contribution in [0, 0.1) is 5.92 Å². The molecule has 3 rings (SSSR count). The fraction of sp³-hybridized carbons (Fsp3) is 0.684. The number of hydrogen-bond donors (Lipinski definition) is 1. The third-order valence-electron chi connectivity index (χ3n) is 5.40. The zero-order valence-electron chi connectivity index (χ0n) is 14.2. The average molecular weight is 319 g/mol. The Balaban J connectivity index is 1.51. The van der Waals surface area contributed by atoms with Crippen molar-refractivity contribution >= 4 is 0 Å². The van der Waals surface area contributed by atoms with Gasteiger partial charge in [0.25, 0.3) is 0 Å². The quantitative estimate of drug-likeness (QED) is 0.819. The number of rotatable bonds is 6. The zero-order chi connectivity index (χ0) is 16.1. The second-order valence-electron chi connectivity index (χ2n) is 7.02. The Morgan fingerprint density at radius 3 is 2.78 bits per heavy atom. The first-order valence-corrected chi connectivity index (χ1v) is 8.85. The highest BCUT2D eigenvalue weighted by molar-refractivity contribution is 5.27. The highest BCUT2D eigenvalue weighted by Crippen LogP contribution is 2.40. The van der Waals surface area contributed by atoms with Crippen LogP contribution in [0.15, 0.2) is 24.3 Å². The van der Waals surface area contributed by atoms with Crippen LogP contribution in [0.3, 0.4) is 0 Å². The van der Waals surface area contributed by atoms with E-state index in [9.17, 15) is 5.11 Å². The zero-order valence-corrected chi connectivity index (χ0v) is 14.2. The molecule has 0 aromatic heterocycles. The van der Waals surface area contributed by atoms with Crippen LogP contribution in [-0.4, -0.2) is 49.0 Å². The summed E-state index contributed by atoms with van der Waals surface area (Å²) in [5.41, 5.74) is 0.929. The number of hydrogen-bond acceptors (Lipinski definition) is 4. The summed E-state index contributed by atoms with van der Waals surface area (Å²) in [6.07, 6.45) is 5.57. The van der Waals surface area contributed by atoms with Crippen LogP contribution < -0.4 is 4.74 Å². The van der Waals surface area contributed by atoms with Crippen LogP contribution in [0.25, 0.3) is 0 Å². The molecule has 1 saturated heterocycles. The SMILES string of the molecule is COCCOc1ccc(CN2CC[C@]3(O)CCCC[C@@H]3C2)cc1. The largest absolute Gasteiger partial charge is 0.491 e. The molecule has 1 aromatic carbocycles. The fourth-order valence-electron chi connectivity index (χ4n) is 3.98. The number of fused-ring (bicyclic) bond motifs is 1. The molecule has 1 aliphatic carbocycles. The van der Waals surface area contributed by atoms with Crippen LogP contribution in [0.2, 0.25) is 0 Å². The van der Waals surface area contributed by atoms with Crippen LogP contribution in [0.5, 0.6) is 5.75 Å². The molecule has 0 amide bonds. The molecule has 2 fully saturated rings. The molecule has 1 heterocycles. The van der Waals surface area contributed by atoms with Gasteiger partial charge in [-0.2, -0.15) is 0 Å². The third-order valence-corrected chi connectivity index (χ3v) is 5.40. The van der Waals surface area contributed by atoms with Gasteiger partial charge in [-0.15, -0.1) is 0 Å². The highest BCUT2D eigenvalue weighted by atomic mass is 16.5. The Morgan fingerprint density at radius 1 is 1.17 bits per heavy atom. The van der Waals surface area contributed by atoms with E-state index in [1.807, 2.05) is 12.1 Å². The van der Waals surface area contributed by atoms with Crippen molar-refractivity contribution < 1.29 is 14.6 Å². The van der Waals surface area contributed by atoms with E-state index in [4.69, 9.17) is 9.47 Å². The van der Waals surface area contributed by atoms with Gasteiger partial charge in [0.15, 0.2) is 0 Å². The molecule has 128 valence electrons. The van der Waals surface area contributed by atoms with Gasteiger partial charge in [-0.3, -0.25) is 4.90 Å². The van der Waals surface area contributed by atoms with Crippen LogP contribution in [-0.2, 0) is 11.3 Å². The van der Waals surface area contributed by atoms with Gasteiger partial charge in [0.1, 0.15) is 12.4 Å². The molecule has 0 unspecified atom stereocenters. The Kier molecular flexibility index (Phi) is 5.57. The van der Waals surface area contributed by atoms with E-state index in [0.29, 0.717) is 19.1 Å². The molecule has 1 aliphatic heterocycles. The van der Waals surface area contributed by atoms with Crippen LogP contribution >= 0.6 is 0 Å². The number of methoxy groups -OCH3 is 1. The summed E-state index contributed by atoms with van der Waals surface area (Å²) in [6.45, 7) is 4.19. The minimum absolute atomic E-state index is 0.381. The number of likely N-dealkylation sites (tertiary alicyclic amines) is 1. The Hall–Kier alpha value is -1.10. The molecule has 1 saturated carbocycles. The lowest BCUT2D eigenvalue weighted by molar-refractivity contribution is -0.0967. The maximum Gasteiger partial charge on any atom is 0.119 e. The summed E-state index contributed by atoms with van der Waals surface area (Å²) in [7, 11) is 1.68. The predicted octanol–water partition coefficient (Wildman–Crippen LogP) is 2.84. The second kappa shape index (κ2) is 7.65. The molecule has 0 spiro atoms. The van der Waals surface area contributed by atoms with Crippen molar-refractivity contribution in [3.05, 3.63) is 29.8 Å². The molecular weight excluding hydrogens is 290 g/mol. The Labute approximate surface area is 139 Å². The summed E-state index contributed by atoms with van der Waals surface area (Å²) in [5.74, 6) is 1.35. The molecule has 0 bridgehead atoms. The van der Waals surface area contributed by atoms with E-state index in [2.05, 4.69) is 17.0 Å². The number of benzene rings is 1. The van der Waals surface area contributed by atoms with Crippen LogP contribution in [0.1, 0.15) is 37.7 Å². The molecule has 2 atom stereocenters. The van der Waals surface area contributed by atoms with E-state index < -0.39 is 0 Å². The van der Waals surface area contributed by atoms with Crippen molar-refractivity contribution in [1.82, 2.24) is 4.90 Å². The molecular formula is C19H29NO3. The molecule has 2 aliphatic rings. The average Bonchev–Trinajstić information content (AvgIpc) is 2.57. The monoisotopic (exact) mass is 319 g/mol. The van der Waals surface area contributed by atoms with Crippen molar-refractivity contribution in [3.8, 4) is 5.75 Å². The summed E-state index contributed by atoms with van der Waals surface area (Å²) >= 11 is 0. The summed E-state index contributed by atoms with van der Waals surface area (Å²) in [6, 6.07) is 8.35. The maximum absolute atomic E-state index is 10.8. The van der Waals surface area contributed by atoms with Gasteiger partial charge in [-0.1, -0.05) is 25.0 Å². The summed E-state index contributed by atoms with van der Waals surface area (Å²) in [5, 5.41) is 10.8. The van der Waals surface area contributed by atoms with E-state index in [1.165, 1.54) is 24.8 Å². The molecule has 4 nitrogen and oxygen atoms in total. The second-order valence-corrected chi connectivity index (χ2v) is 7.02. The smallest absolute Gasteiger partial charge is 0.119 e. The van der Waals surface area contributed by atoms with Gasteiger partial charge in [0, 0.05) is 32.7 Å². The van der Waals surface area contributed by atoms with Gasteiger partial charge in [0.05, 0.1) is 12.2 Å². The topological polar surface area (TPSA) is 41.9 Å². The highest BCUT2D eigenvalue weighted by Gasteiger charge is 2.42. The van der Waals surface area contributed by atoms with Gasteiger partial charge in [-0.25, -0.2) is 0 Å². The van der Waals surface area contributed by atoms with E-state index >= 15 is 0 Å². The van der Waals surface area contributed by atoms with Crippen molar-refractivity contribution in [2.45, 2.75) is 44.2 Å². The fourth-order valence-corrected chi connectivity index (χ4v) is 3.98. The van der Waals surface area contributed by atoms with Gasteiger partial charge >= 0.3 is 0 Å². The molecule has 23 heavy (non-hydrogen) atoms. The lowest BCUT2D eigenvalue weighted by atomic mass is 9.71. The summed E-state index contributed by atoms with van der Waals surface area (Å²) < 4.78 is 10.6. The minimum atomic E-state index is -0.381. The first-order valence-electron chi connectivity index (χ1n) is 8.85. The number of ether oxygens (including phenoxy) is 2. The molecule has 4 heteroatoms. The predicted molar refractivity (Wildman–Crippen MR) is 90.6 cm³/mol. The van der Waals surface area contributed by atoms with E-state index in [0.717, 1.165) is 38.2 Å². The van der Waals surface area contributed by atoms with Gasteiger partial charge in [0.2, 0.25) is 0 Å². The van der Waals surface area contributed by atoms with E-state index in [1.54, 1.807) is 7.11 Å². The number of piperidine rings is 1. The van der Waals surface area contributed by atoms with Crippen molar-refractivity contribution in [2.75, 3.05) is 33.4 Å². The van der Waals surface area contributed by atoms with Crippen molar-refractivity contribution in [3.63, 3.8) is 0 Å². The maximum atomic E-state index is 10.8. The third kappa shape index (κ3) is 4.25. The number of nitrogens with zero attached hydrogens (tertiary/aromatic N) is 1. The summed E-state index contributed by atoms with van der Waals surface area (Å²) in [4.78, 5) is 2.49. The Morgan fingerprint density at radius 2 is 2.00 bits per heavy atom. The molecule has 1 N–H and O–H groups in total. The van der Waals surface area contributed by atoms with Gasteiger partial charge in [-0.05, 0) is 37.0 Å². The lowest BCUT2D eigenvalue weighted by Crippen LogP contribution is -2.52.